The Balaban J connectivity index is -0.000000411. The van der Waals surface area contributed by atoms with E-state index in [1.165, 1.54) is 0 Å². The van der Waals surface area contributed by atoms with Gasteiger partial charge in [0.2, 0.25) is 11.5 Å². The Bertz CT molecular complexity index is 527. The van der Waals surface area contributed by atoms with Crippen molar-refractivity contribution in [3.63, 3.8) is 0 Å². The fourth-order valence-corrected chi connectivity index (χ4v) is 0.576. The molecule has 0 unspecified atom stereocenters. The van der Waals surface area contributed by atoms with E-state index >= 15 is 0 Å². The molecule has 0 rings (SSSR count). The molecule has 0 saturated heterocycles. The molecular formula is C10H4CuF12O4. The molecule has 0 aromatic rings. The van der Waals surface area contributed by atoms with Crippen LogP contribution in [0.3, 0.4) is 0 Å². The molecule has 0 fully saturated rings. The fourth-order valence-electron chi connectivity index (χ4n) is 0.576. The summed E-state index contributed by atoms with van der Waals surface area (Å²) in [5, 5.41) is 15.9. The number of hydrogen-bond acceptors (Lipinski definition) is 4. The first-order valence-corrected chi connectivity index (χ1v) is 5.28. The van der Waals surface area contributed by atoms with Crippen LogP contribution in [0.15, 0.2) is 23.7 Å². The Morgan fingerprint density at radius 1 is 0.519 bits per heavy atom. The van der Waals surface area contributed by atoms with E-state index in [4.69, 9.17) is 10.2 Å². The molecular weight excluding hydrogens is 476 g/mol. The summed E-state index contributed by atoms with van der Waals surface area (Å²) in [6.07, 6.45) is -23.4. The average molecular weight is 480 g/mol. The van der Waals surface area contributed by atoms with Gasteiger partial charge in [0.25, 0.3) is 11.6 Å². The molecule has 0 aromatic carbocycles. The second-order valence-electron chi connectivity index (χ2n) is 3.78. The largest absolute Gasteiger partial charge is 0.504 e. The first-order chi connectivity index (χ1) is 11.1. The van der Waals surface area contributed by atoms with Gasteiger partial charge in [-0.25, -0.2) is 0 Å². The molecule has 0 heterocycles. The molecule has 0 saturated carbocycles. The summed E-state index contributed by atoms with van der Waals surface area (Å²) in [5.74, 6) is -10.7. The molecule has 17 heteroatoms. The molecule has 0 aliphatic carbocycles. The van der Waals surface area contributed by atoms with Gasteiger partial charge in [0.1, 0.15) is 0 Å². The number of carbonyl (C=O) groups is 2. The summed E-state index contributed by atoms with van der Waals surface area (Å²) in [5.41, 5.74) is 0. The summed E-state index contributed by atoms with van der Waals surface area (Å²) >= 11 is 0. The third kappa shape index (κ3) is 13.0. The number of halogens is 12. The number of ketones is 2. The van der Waals surface area contributed by atoms with Gasteiger partial charge in [-0.1, -0.05) is 0 Å². The van der Waals surface area contributed by atoms with Crippen LogP contribution < -0.4 is 0 Å². The zero-order chi connectivity index (χ0) is 21.7. The van der Waals surface area contributed by atoms with Crippen LogP contribution in [0, 0.1) is 0 Å². The summed E-state index contributed by atoms with van der Waals surface area (Å²) in [4.78, 5) is 19.7. The Morgan fingerprint density at radius 2 is 0.704 bits per heavy atom. The van der Waals surface area contributed by atoms with Gasteiger partial charge >= 0.3 is 24.7 Å². The molecule has 0 aromatic heterocycles. The van der Waals surface area contributed by atoms with Gasteiger partial charge in [0, 0.05) is 29.2 Å². The number of aliphatic hydroxyl groups is 2. The first-order valence-electron chi connectivity index (χ1n) is 5.28. The van der Waals surface area contributed by atoms with E-state index in [9.17, 15) is 62.3 Å². The third-order valence-corrected chi connectivity index (χ3v) is 1.68. The van der Waals surface area contributed by atoms with Crippen molar-refractivity contribution in [2.75, 3.05) is 0 Å². The average Bonchev–Trinajstić information content (AvgIpc) is 2.34. The molecule has 0 amide bonds. The van der Waals surface area contributed by atoms with E-state index in [0.29, 0.717) is 0 Å². The summed E-state index contributed by atoms with van der Waals surface area (Å²) in [7, 11) is 0. The van der Waals surface area contributed by atoms with Crippen LogP contribution in [0.25, 0.3) is 0 Å². The fraction of sp³-hybridized carbons (Fsp3) is 0.400. The normalized spacial score (nSPS) is 13.9. The predicted octanol–water partition coefficient (Wildman–Crippen LogP) is 4.24. The number of aliphatic hydroxyl groups excluding tert-OH is 2. The molecule has 163 valence electrons. The molecule has 1 radical (unpaired) electrons. The van der Waals surface area contributed by atoms with E-state index in [0.717, 1.165) is 0 Å². The smallest absolute Gasteiger partial charge is 0.454 e. The molecule has 4 nitrogen and oxygen atoms in total. The quantitative estimate of drug-likeness (QED) is 0.269. The zero-order valence-corrected chi connectivity index (χ0v) is 12.6. The van der Waals surface area contributed by atoms with Gasteiger partial charge in [-0.05, 0) is 0 Å². The van der Waals surface area contributed by atoms with Crippen molar-refractivity contribution >= 4 is 11.6 Å². The second kappa shape index (κ2) is 9.87. The molecule has 0 aliphatic heterocycles. The standard InChI is InChI=1S/2C5H2F6O2.Cu/c2*6-4(7,8)2(12)1-3(13)5(9,10)11;/h2*1,12H;/b2*2-1+;. The maximum atomic E-state index is 11.4. The first kappa shape index (κ1) is 29.8. The number of hydrogen-bond donors (Lipinski definition) is 2. The zero-order valence-electron chi connectivity index (χ0n) is 11.7. The van der Waals surface area contributed by atoms with Crippen LogP contribution in [0.5, 0.6) is 0 Å². The molecule has 0 atom stereocenters. The van der Waals surface area contributed by atoms with E-state index in [-0.39, 0.29) is 17.1 Å². The SMILES string of the molecule is O=C(/C=C(/O)C(F)(F)F)C(F)(F)F.O=C(/C=C(/O)C(F)(F)F)C(F)(F)F.[Cu]. The minimum atomic E-state index is -5.42. The van der Waals surface area contributed by atoms with Gasteiger partial charge in [0.15, 0.2) is 0 Å². The molecule has 0 aliphatic rings. The van der Waals surface area contributed by atoms with Crippen LogP contribution in [-0.4, -0.2) is 46.5 Å². The molecule has 0 spiro atoms. The van der Waals surface area contributed by atoms with Crippen LogP contribution >= 0.6 is 0 Å². The third-order valence-electron chi connectivity index (χ3n) is 1.68. The van der Waals surface area contributed by atoms with Crippen molar-refractivity contribution < 1.29 is 89.6 Å². The van der Waals surface area contributed by atoms with Crippen molar-refractivity contribution in [2.45, 2.75) is 24.7 Å². The summed E-state index contributed by atoms with van der Waals surface area (Å²) in [6.45, 7) is 0. The Hall–Kier alpha value is -1.90. The van der Waals surface area contributed by atoms with Gasteiger partial charge in [-0.2, -0.15) is 52.7 Å². The topological polar surface area (TPSA) is 74.6 Å². The second-order valence-corrected chi connectivity index (χ2v) is 3.78. The minimum Gasteiger partial charge on any atom is -0.504 e. The van der Waals surface area contributed by atoms with E-state index in [1.54, 1.807) is 0 Å². The van der Waals surface area contributed by atoms with Crippen molar-refractivity contribution in [1.82, 2.24) is 0 Å². The van der Waals surface area contributed by atoms with Gasteiger partial charge in [-0.3, -0.25) is 9.59 Å². The van der Waals surface area contributed by atoms with Gasteiger partial charge < -0.3 is 10.2 Å². The Kier molecular flexibility index (Phi) is 10.9. The Morgan fingerprint density at radius 3 is 0.815 bits per heavy atom. The maximum absolute atomic E-state index is 11.4. The number of carbonyl (C=O) groups excluding carboxylic acids is 2. The van der Waals surface area contributed by atoms with E-state index in [1.807, 2.05) is 0 Å². The van der Waals surface area contributed by atoms with Crippen LogP contribution in [0.1, 0.15) is 0 Å². The molecule has 2 N–H and O–H groups in total. The van der Waals surface area contributed by atoms with Crippen LogP contribution in [0.4, 0.5) is 52.7 Å². The molecule has 0 bridgehead atoms. The van der Waals surface area contributed by atoms with Crippen LogP contribution in [0.2, 0.25) is 0 Å². The van der Waals surface area contributed by atoms with Crippen LogP contribution in [-0.2, 0) is 26.7 Å². The van der Waals surface area contributed by atoms with Crippen molar-refractivity contribution in [3.05, 3.63) is 23.7 Å². The predicted molar refractivity (Wildman–Crippen MR) is 55.7 cm³/mol. The maximum Gasteiger partial charge on any atom is 0.454 e. The summed E-state index contributed by atoms with van der Waals surface area (Å²) in [6, 6.07) is 0. The van der Waals surface area contributed by atoms with Gasteiger partial charge in [-0.15, -0.1) is 0 Å². The number of rotatable bonds is 2. The monoisotopic (exact) mass is 479 g/mol. The Labute approximate surface area is 150 Å². The number of alkyl halides is 12. The number of allylic oxidation sites excluding steroid dienone is 4. The van der Waals surface area contributed by atoms with Crippen molar-refractivity contribution in [2.24, 2.45) is 0 Å². The van der Waals surface area contributed by atoms with E-state index < -0.39 is 59.9 Å². The molecule has 27 heavy (non-hydrogen) atoms. The van der Waals surface area contributed by atoms with Gasteiger partial charge in [0.05, 0.1) is 0 Å². The van der Waals surface area contributed by atoms with E-state index in [2.05, 4.69) is 0 Å². The minimum absolute atomic E-state index is 0. The van der Waals surface area contributed by atoms with Crippen molar-refractivity contribution in [1.29, 1.82) is 0 Å². The van der Waals surface area contributed by atoms with Crippen molar-refractivity contribution in [3.8, 4) is 0 Å². The summed E-state index contributed by atoms with van der Waals surface area (Å²) < 4.78 is 136.